The Morgan fingerprint density at radius 1 is 1.42 bits per heavy atom. The molecule has 0 aromatic heterocycles. The van der Waals surface area contributed by atoms with E-state index < -0.39 is 0 Å². The Morgan fingerprint density at radius 2 is 2.00 bits per heavy atom. The van der Waals surface area contributed by atoms with Gasteiger partial charge in [0.15, 0.2) is 0 Å². The fourth-order valence-electron chi connectivity index (χ4n) is 0.845. The summed E-state index contributed by atoms with van der Waals surface area (Å²) >= 11 is 0. The second kappa shape index (κ2) is 3.54. The second-order valence-electron chi connectivity index (χ2n) is 2.30. The van der Waals surface area contributed by atoms with Gasteiger partial charge in [-0.3, -0.25) is 4.99 Å². The van der Waals surface area contributed by atoms with Crippen LogP contribution >= 0.6 is 0 Å². The first-order valence-electron chi connectivity index (χ1n) is 3.50. The van der Waals surface area contributed by atoms with Gasteiger partial charge in [0.05, 0.1) is 11.6 Å². The van der Waals surface area contributed by atoms with Gasteiger partial charge in [-0.05, 0) is 24.3 Å². The molecule has 0 atom stereocenters. The van der Waals surface area contributed by atoms with Gasteiger partial charge >= 0.3 is 0 Å². The standard InChI is InChI=1S/C9H9N3/c1-12-9(11)8-4-2-7(6-10)3-5-8/h2-5H,1H3,(H2,11,12). The lowest BCUT2D eigenvalue weighted by molar-refractivity contribution is 1.38. The van der Waals surface area contributed by atoms with Gasteiger partial charge in [0.1, 0.15) is 5.84 Å². The third kappa shape index (κ3) is 1.61. The van der Waals surface area contributed by atoms with E-state index in [2.05, 4.69) is 4.99 Å². The van der Waals surface area contributed by atoms with Crippen molar-refractivity contribution in [2.75, 3.05) is 7.05 Å². The maximum absolute atomic E-state index is 8.51. The van der Waals surface area contributed by atoms with Crippen molar-refractivity contribution in [3.63, 3.8) is 0 Å². The van der Waals surface area contributed by atoms with E-state index in [-0.39, 0.29) is 0 Å². The molecule has 0 saturated heterocycles. The van der Waals surface area contributed by atoms with E-state index in [0.717, 1.165) is 5.56 Å². The second-order valence-corrected chi connectivity index (χ2v) is 2.30. The number of nitriles is 1. The quantitative estimate of drug-likeness (QED) is 0.488. The molecular formula is C9H9N3. The molecular weight excluding hydrogens is 150 g/mol. The number of rotatable bonds is 1. The molecule has 0 spiro atoms. The first-order valence-corrected chi connectivity index (χ1v) is 3.50. The maximum atomic E-state index is 8.51. The maximum Gasteiger partial charge on any atom is 0.125 e. The summed E-state index contributed by atoms with van der Waals surface area (Å²) in [5.74, 6) is 0.486. The van der Waals surface area contributed by atoms with E-state index in [1.165, 1.54) is 0 Å². The molecule has 60 valence electrons. The van der Waals surface area contributed by atoms with Crippen molar-refractivity contribution < 1.29 is 0 Å². The number of benzene rings is 1. The van der Waals surface area contributed by atoms with Gasteiger partial charge in [0, 0.05) is 12.6 Å². The lowest BCUT2D eigenvalue weighted by Gasteiger charge is -1.97. The van der Waals surface area contributed by atoms with Crippen molar-refractivity contribution in [2.24, 2.45) is 10.7 Å². The van der Waals surface area contributed by atoms with Crippen LogP contribution in [0.2, 0.25) is 0 Å². The Morgan fingerprint density at radius 3 is 2.42 bits per heavy atom. The van der Waals surface area contributed by atoms with E-state index in [1.54, 1.807) is 31.3 Å². The van der Waals surface area contributed by atoms with Crippen LogP contribution in [0.4, 0.5) is 0 Å². The SMILES string of the molecule is CN=C(N)c1ccc(C#N)cc1. The first-order chi connectivity index (χ1) is 5.77. The third-order valence-electron chi connectivity index (χ3n) is 1.55. The van der Waals surface area contributed by atoms with Gasteiger partial charge in [-0.2, -0.15) is 5.26 Å². The molecule has 1 aromatic carbocycles. The Bertz CT molecular complexity index is 330. The number of aliphatic imine (C=N–C) groups is 1. The Hall–Kier alpha value is -1.82. The van der Waals surface area contributed by atoms with Crippen LogP contribution in [-0.2, 0) is 0 Å². The van der Waals surface area contributed by atoms with Gasteiger partial charge in [-0.1, -0.05) is 0 Å². The molecule has 0 heterocycles. The monoisotopic (exact) mass is 159 g/mol. The number of amidine groups is 1. The molecule has 3 heteroatoms. The number of hydrogen-bond donors (Lipinski definition) is 1. The normalized spacial score (nSPS) is 10.8. The van der Waals surface area contributed by atoms with Crippen molar-refractivity contribution in [3.8, 4) is 6.07 Å². The molecule has 1 rings (SSSR count). The van der Waals surface area contributed by atoms with E-state index in [0.29, 0.717) is 11.4 Å². The molecule has 0 radical (unpaired) electrons. The van der Waals surface area contributed by atoms with Crippen LogP contribution in [0, 0.1) is 11.3 Å². The smallest absolute Gasteiger partial charge is 0.125 e. The van der Waals surface area contributed by atoms with Crippen LogP contribution in [0.1, 0.15) is 11.1 Å². The zero-order valence-electron chi connectivity index (χ0n) is 6.78. The van der Waals surface area contributed by atoms with Gasteiger partial charge in [-0.15, -0.1) is 0 Å². The highest BCUT2D eigenvalue weighted by Crippen LogP contribution is 2.02. The summed E-state index contributed by atoms with van der Waals surface area (Å²) in [6.45, 7) is 0. The van der Waals surface area contributed by atoms with Crippen LogP contribution < -0.4 is 5.73 Å². The van der Waals surface area contributed by atoms with Gasteiger partial charge in [0.25, 0.3) is 0 Å². The predicted octanol–water partition coefficient (Wildman–Crippen LogP) is 0.893. The summed E-state index contributed by atoms with van der Waals surface area (Å²) in [4.78, 5) is 3.83. The topological polar surface area (TPSA) is 62.2 Å². The molecule has 0 amide bonds. The number of hydrogen-bond acceptors (Lipinski definition) is 2. The summed E-state index contributed by atoms with van der Waals surface area (Å²) in [6, 6.07) is 9.02. The average molecular weight is 159 g/mol. The molecule has 0 aliphatic heterocycles. The molecule has 12 heavy (non-hydrogen) atoms. The largest absolute Gasteiger partial charge is 0.384 e. The summed E-state index contributed by atoms with van der Waals surface area (Å²) in [5.41, 5.74) is 7.02. The van der Waals surface area contributed by atoms with Gasteiger partial charge < -0.3 is 5.73 Å². The Balaban J connectivity index is 3.02. The molecule has 3 nitrogen and oxygen atoms in total. The summed E-state index contributed by atoms with van der Waals surface area (Å²) in [6.07, 6.45) is 0. The molecule has 2 N–H and O–H groups in total. The van der Waals surface area contributed by atoms with Gasteiger partial charge in [0.2, 0.25) is 0 Å². The fraction of sp³-hybridized carbons (Fsp3) is 0.111. The lowest BCUT2D eigenvalue weighted by Crippen LogP contribution is -2.12. The minimum atomic E-state index is 0.486. The van der Waals surface area contributed by atoms with Crippen molar-refractivity contribution in [1.82, 2.24) is 0 Å². The Labute approximate surface area is 71.2 Å². The average Bonchev–Trinajstić information content (AvgIpc) is 2.17. The highest BCUT2D eigenvalue weighted by atomic mass is 14.8. The first kappa shape index (κ1) is 8.28. The van der Waals surface area contributed by atoms with Crippen LogP contribution in [0.15, 0.2) is 29.3 Å². The van der Waals surface area contributed by atoms with Crippen LogP contribution in [-0.4, -0.2) is 12.9 Å². The summed E-state index contributed by atoms with van der Waals surface area (Å²) < 4.78 is 0. The lowest BCUT2D eigenvalue weighted by atomic mass is 10.1. The van der Waals surface area contributed by atoms with Crippen molar-refractivity contribution in [1.29, 1.82) is 5.26 Å². The third-order valence-corrected chi connectivity index (χ3v) is 1.55. The fourth-order valence-corrected chi connectivity index (χ4v) is 0.845. The molecule has 0 bridgehead atoms. The van der Waals surface area contributed by atoms with Crippen molar-refractivity contribution >= 4 is 5.84 Å². The zero-order valence-corrected chi connectivity index (χ0v) is 6.78. The molecule has 0 saturated carbocycles. The highest BCUT2D eigenvalue weighted by Gasteiger charge is 1.95. The molecule has 0 fully saturated rings. The van der Waals surface area contributed by atoms with Crippen molar-refractivity contribution in [3.05, 3.63) is 35.4 Å². The minimum Gasteiger partial charge on any atom is -0.384 e. The molecule has 0 aliphatic rings. The molecule has 0 aliphatic carbocycles. The van der Waals surface area contributed by atoms with Gasteiger partial charge in [-0.25, -0.2) is 0 Å². The van der Waals surface area contributed by atoms with E-state index in [1.807, 2.05) is 6.07 Å². The minimum absolute atomic E-state index is 0.486. The number of nitrogens with zero attached hydrogens (tertiary/aromatic N) is 2. The number of nitrogens with two attached hydrogens (primary N) is 1. The predicted molar refractivity (Wildman–Crippen MR) is 47.8 cm³/mol. The van der Waals surface area contributed by atoms with Crippen LogP contribution in [0.25, 0.3) is 0 Å². The zero-order chi connectivity index (χ0) is 8.97. The highest BCUT2D eigenvalue weighted by molar-refractivity contribution is 5.97. The van der Waals surface area contributed by atoms with E-state index in [9.17, 15) is 0 Å². The van der Waals surface area contributed by atoms with Crippen molar-refractivity contribution in [2.45, 2.75) is 0 Å². The van der Waals surface area contributed by atoms with Crippen LogP contribution in [0.5, 0.6) is 0 Å². The van der Waals surface area contributed by atoms with E-state index in [4.69, 9.17) is 11.0 Å². The molecule has 1 aromatic rings. The summed E-state index contributed by atoms with van der Waals surface area (Å²) in [7, 11) is 1.63. The van der Waals surface area contributed by atoms with Crippen LogP contribution in [0.3, 0.4) is 0 Å². The van der Waals surface area contributed by atoms with E-state index >= 15 is 0 Å². The molecule has 0 unspecified atom stereocenters. The summed E-state index contributed by atoms with van der Waals surface area (Å²) in [5, 5.41) is 8.51. The Kier molecular flexibility index (Phi) is 2.44.